The van der Waals surface area contributed by atoms with Crippen molar-refractivity contribution in [2.24, 2.45) is 0 Å². The van der Waals surface area contributed by atoms with Crippen LogP contribution in [0.1, 0.15) is 21.2 Å². The number of ether oxygens (including phenoxy) is 3. The number of rotatable bonds is 6. The first-order valence-electron chi connectivity index (χ1n) is 10.1. The van der Waals surface area contributed by atoms with Crippen LogP contribution in [0.25, 0.3) is 0 Å². The van der Waals surface area contributed by atoms with Crippen LogP contribution in [0.2, 0.25) is 0 Å². The SMILES string of the molecule is [2H]C([2H])([2H])Oc1cc(F)c([C@@H]2CNC(=O)[C@H]2NC(=O)OCc2ccc(OC)cc2)c(F)c1. The molecule has 0 aromatic heterocycles. The van der Waals surface area contributed by atoms with Crippen molar-refractivity contribution in [3.05, 3.63) is 59.2 Å². The number of amides is 2. The van der Waals surface area contributed by atoms with Crippen LogP contribution >= 0.6 is 0 Å². The van der Waals surface area contributed by atoms with Crippen LogP contribution in [0.5, 0.6) is 11.5 Å². The molecule has 3 rings (SSSR count). The standard InChI is InChI=1S/C20H20F2N2O5/c1-27-12-5-3-11(4-6-12)10-29-20(26)24-18-14(9-23-19(18)25)17-15(21)7-13(28-2)8-16(17)22/h3-8,14,18H,9-10H2,1-2H3,(H,23,25)(H,24,26)/t14-,18-/m0/s1/i2D3. The van der Waals surface area contributed by atoms with E-state index in [9.17, 15) is 18.4 Å². The van der Waals surface area contributed by atoms with Gasteiger partial charge >= 0.3 is 6.09 Å². The Hall–Kier alpha value is -3.36. The van der Waals surface area contributed by atoms with Crippen LogP contribution < -0.4 is 20.1 Å². The number of hydrogen-bond acceptors (Lipinski definition) is 5. The molecule has 2 amide bonds. The molecule has 0 bridgehead atoms. The van der Waals surface area contributed by atoms with Gasteiger partial charge in [0.1, 0.15) is 35.8 Å². The zero-order valence-corrected chi connectivity index (χ0v) is 15.3. The van der Waals surface area contributed by atoms with E-state index in [-0.39, 0.29) is 13.2 Å². The number of carbonyl (C=O) groups excluding carboxylic acids is 2. The Labute approximate surface area is 170 Å². The average molecular weight is 409 g/mol. The summed E-state index contributed by atoms with van der Waals surface area (Å²) in [7, 11) is -1.37. The molecule has 7 nitrogen and oxygen atoms in total. The third-order valence-corrected chi connectivity index (χ3v) is 4.52. The Morgan fingerprint density at radius 2 is 1.90 bits per heavy atom. The van der Waals surface area contributed by atoms with Crippen LogP contribution in [0, 0.1) is 11.6 Å². The second kappa shape index (κ2) is 8.76. The van der Waals surface area contributed by atoms with Gasteiger partial charge in [0.2, 0.25) is 5.91 Å². The Balaban J connectivity index is 1.70. The first-order chi connectivity index (χ1) is 15.1. The van der Waals surface area contributed by atoms with Crippen LogP contribution in [-0.2, 0) is 16.1 Å². The smallest absolute Gasteiger partial charge is 0.408 e. The molecule has 1 heterocycles. The lowest BCUT2D eigenvalue weighted by atomic mass is 9.93. The van der Waals surface area contributed by atoms with Gasteiger partial charge in [-0.25, -0.2) is 13.6 Å². The lowest BCUT2D eigenvalue weighted by molar-refractivity contribution is -0.120. The third kappa shape index (κ3) is 4.56. The average Bonchev–Trinajstić information content (AvgIpc) is 3.05. The summed E-state index contributed by atoms with van der Waals surface area (Å²) < 4.78 is 65.0. The van der Waals surface area contributed by atoms with E-state index in [1.165, 1.54) is 7.11 Å². The van der Waals surface area contributed by atoms with Gasteiger partial charge in [0.25, 0.3) is 0 Å². The summed E-state index contributed by atoms with van der Waals surface area (Å²) in [5, 5.41) is 4.76. The predicted octanol–water partition coefficient (Wildman–Crippen LogP) is 2.49. The molecule has 154 valence electrons. The normalized spacial score (nSPS) is 20.1. The zero-order chi connectivity index (χ0) is 23.5. The molecule has 0 spiro atoms. The van der Waals surface area contributed by atoms with Crippen molar-refractivity contribution >= 4 is 12.0 Å². The van der Waals surface area contributed by atoms with Gasteiger partial charge in [0.05, 0.1) is 18.3 Å². The summed E-state index contributed by atoms with van der Waals surface area (Å²) >= 11 is 0. The van der Waals surface area contributed by atoms with Gasteiger partial charge in [0.15, 0.2) is 0 Å². The molecule has 1 fully saturated rings. The molecule has 2 N–H and O–H groups in total. The molecule has 0 saturated carbocycles. The van der Waals surface area contributed by atoms with Crippen molar-refractivity contribution in [2.45, 2.75) is 18.6 Å². The lowest BCUT2D eigenvalue weighted by Gasteiger charge is -2.20. The van der Waals surface area contributed by atoms with E-state index in [2.05, 4.69) is 15.4 Å². The molecule has 2 aromatic carbocycles. The number of nitrogens with one attached hydrogen (secondary N) is 2. The minimum absolute atomic E-state index is 0.0985. The van der Waals surface area contributed by atoms with E-state index < -0.39 is 53.9 Å². The molecular weight excluding hydrogens is 386 g/mol. The molecule has 0 radical (unpaired) electrons. The van der Waals surface area contributed by atoms with Gasteiger partial charge in [-0.2, -0.15) is 0 Å². The van der Waals surface area contributed by atoms with E-state index in [1.54, 1.807) is 24.3 Å². The van der Waals surface area contributed by atoms with Crippen LogP contribution in [0.4, 0.5) is 13.6 Å². The number of halogens is 2. The van der Waals surface area contributed by atoms with Crippen molar-refractivity contribution in [1.82, 2.24) is 10.6 Å². The van der Waals surface area contributed by atoms with Crippen molar-refractivity contribution in [2.75, 3.05) is 20.7 Å². The minimum Gasteiger partial charge on any atom is -0.497 e. The molecule has 29 heavy (non-hydrogen) atoms. The molecule has 0 unspecified atom stereocenters. The molecule has 2 aromatic rings. The van der Waals surface area contributed by atoms with Gasteiger partial charge in [-0.3, -0.25) is 4.79 Å². The van der Waals surface area contributed by atoms with Gasteiger partial charge < -0.3 is 24.8 Å². The lowest BCUT2D eigenvalue weighted by Crippen LogP contribution is -2.43. The Morgan fingerprint density at radius 3 is 2.52 bits per heavy atom. The van der Waals surface area contributed by atoms with E-state index in [1.807, 2.05) is 0 Å². The molecule has 9 heteroatoms. The van der Waals surface area contributed by atoms with Gasteiger partial charge in [-0.05, 0) is 17.7 Å². The fourth-order valence-corrected chi connectivity index (χ4v) is 3.07. The number of carbonyl (C=O) groups is 2. The third-order valence-electron chi connectivity index (χ3n) is 4.52. The fourth-order valence-electron chi connectivity index (χ4n) is 3.07. The second-order valence-corrected chi connectivity index (χ2v) is 6.30. The zero-order valence-electron chi connectivity index (χ0n) is 18.3. The predicted molar refractivity (Wildman–Crippen MR) is 98.8 cm³/mol. The summed E-state index contributed by atoms with van der Waals surface area (Å²) in [5.41, 5.74) is 0.178. The quantitative estimate of drug-likeness (QED) is 0.766. The van der Waals surface area contributed by atoms with Crippen molar-refractivity contribution in [3.63, 3.8) is 0 Å². The molecular formula is C20H20F2N2O5. The van der Waals surface area contributed by atoms with E-state index >= 15 is 0 Å². The first kappa shape index (κ1) is 16.6. The molecule has 1 aliphatic heterocycles. The van der Waals surface area contributed by atoms with Crippen LogP contribution in [-0.4, -0.2) is 38.7 Å². The van der Waals surface area contributed by atoms with Crippen molar-refractivity contribution in [1.29, 1.82) is 0 Å². The highest BCUT2D eigenvalue weighted by Gasteiger charge is 2.40. The maximum absolute atomic E-state index is 14.6. The first-order valence-corrected chi connectivity index (χ1v) is 8.59. The maximum Gasteiger partial charge on any atom is 0.408 e. The number of benzene rings is 2. The monoisotopic (exact) mass is 409 g/mol. The van der Waals surface area contributed by atoms with Crippen LogP contribution in [0.15, 0.2) is 36.4 Å². The van der Waals surface area contributed by atoms with Crippen LogP contribution in [0.3, 0.4) is 0 Å². The Bertz CT molecular complexity index is 979. The number of alkyl carbamates (subject to hydrolysis) is 1. The molecule has 1 aliphatic rings. The van der Waals surface area contributed by atoms with Gasteiger partial charge in [-0.15, -0.1) is 0 Å². The fraction of sp³-hybridized carbons (Fsp3) is 0.300. The summed E-state index contributed by atoms with van der Waals surface area (Å²) in [4.78, 5) is 24.4. The maximum atomic E-state index is 14.6. The molecule has 1 saturated heterocycles. The van der Waals surface area contributed by atoms with Gasteiger partial charge in [-0.1, -0.05) is 12.1 Å². The van der Waals surface area contributed by atoms with E-state index in [0.29, 0.717) is 23.4 Å². The molecule has 0 aliphatic carbocycles. The Morgan fingerprint density at radius 1 is 1.21 bits per heavy atom. The summed E-state index contributed by atoms with van der Waals surface area (Å²) in [6.07, 6.45) is -0.948. The topological polar surface area (TPSA) is 85.9 Å². The number of hydrogen-bond donors (Lipinski definition) is 2. The largest absolute Gasteiger partial charge is 0.497 e. The van der Waals surface area contributed by atoms with E-state index in [0.717, 1.165) is 0 Å². The molecule has 2 atom stereocenters. The number of methoxy groups -OCH3 is 2. The highest BCUT2D eigenvalue weighted by atomic mass is 19.1. The second-order valence-electron chi connectivity index (χ2n) is 6.30. The van der Waals surface area contributed by atoms with Crippen molar-refractivity contribution < 1.29 is 36.7 Å². The van der Waals surface area contributed by atoms with Gasteiger partial charge in [0, 0.05) is 30.2 Å². The minimum atomic E-state index is -2.89. The Kier molecular flexibility index (Phi) is 5.01. The highest BCUT2D eigenvalue weighted by Crippen LogP contribution is 2.31. The van der Waals surface area contributed by atoms with Crippen molar-refractivity contribution in [3.8, 4) is 11.5 Å². The summed E-state index contributed by atoms with van der Waals surface area (Å²) in [5.74, 6) is -3.84. The summed E-state index contributed by atoms with van der Waals surface area (Å²) in [6, 6.07) is 6.87. The highest BCUT2D eigenvalue weighted by molar-refractivity contribution is 5.89. The summed E-state index contributed by atoms with van der Waals surface area (Å²) in [6.45, 7) is -0.242. The van der Waals surface area contributed by atoms with E-state index in [4.69, 9.17) is 13.6 Å².